The zero-order valence-electron chi connectivity index (χ0n) is 16.1. The molecular weight excluding hydrogens is 360 g/mol. The van der Waals surface area contributed by atoms with Gasteiger partial charge in [0.05, 0.1) is 6.42 Å². The Morgan fingerprint density at radius 1 is 1.00 bits per heavy atom. The van der Waals surface area contributed by atoms with E-state index in [0.717, 1.165) is 17.5 Å². The molecule has 2 aromatic carbocycles. The van der Waals surface area contributed by atoms with Gasteiger partial charge in [0.15, 0.2) is 0 Å². The Bertz CT molecular complexity index is 747. The second-order valence-electron chi connectivity index (χ2n) is 6.80. The normalized spacial score (nSPS) is 12.9. The molecule has 0 saturated carbocycles. The van der Waals surface area contributed by atoms with Crippen LogP contribution in [0.1, 0.15) is 38.3 Å². The van der Waals surface area contributed by atoms with Gasteiger partial charge in [-0.05, 0) is 43.5 Å². The number of carbonyl (C=O) groups excluding carboxylic acids is 2. The number of benzene rings is 2. The molecule has 5 heteroatoms. The summed E-state index contributed by atoms with van der Waals surface area (Å²) in [6, 6.07) is 16.4. The van der Waals surface area contributed by atoms with Crippen LogP contribution in [0.15, 0.2) is 54.6 Å². The molecule has 1 N–H and O–H groups in total. The predicted molar refractivity (Wildman–Crippen MR) is 110 cm³/mol. The number of nitrogens with zero attached hydrogens (tertiary/aromatic N) is 1. The van der Waals surface area contributed by atoms with E-state index in [1.807, 2.05) is 56.3 Å². The molecule has 0 saturated heterocycles. The van der Waals surface area contributed by atoms with Crippen molar-refractivity contribution < 1.29 is 9.59 Å². The zero-order valence-corrected chi connectivity index (χ0v) is 16.9. The zero-order chi connectivity index (χ0) is 19.8. The fourth-order valence-electron chi connectivity index (χ4n) is 2.71. The predicted octanol–water partition coefficient (Wildman–Crippen LogP) is 4.21. The van der Waals surface area contributed by atoms with Gasteiger partial charge in [-0.15, -0.1) is 0 Å². The van der Waals surface area contributed by atoms with Gasteiger partial charge in [0.25, 0.3) is 0 Å². The number of rotatable bonds is 8. The van der Waals surface area contributed by atoms with Crippen molar-refractivity contribution in [2.24, 2.45) is 0 Å². The van der Waals surface area contributed by atoms with Crippen molar-refractivity contribution in [2.45, 2.75) is 52.2 Å². The SMILES string of the molecule is CC[C@H](C)NC(=O)[C@@H](C)N(Cc1ccc(Cl)cc1)C(=O)Cc1ccccc1. The topological polar surface area (TPSA) is 49.4 Å². The second-order valence-corrected chi connectivity index (χ2v) is 7.24. The Morgan fingerprint density at radius 3 is 2.22 bits per heavy atom. The molecule has 0 spiro atoms. The summed E-state index contributed by atoms with van der Waals surface area (Å²) in [5.74, 6) is -0.220. The van der Waals surface area contributed by atoms with E-state index < -0.39 is 6.04 Å². The Hall–Kier alpha value is -2.33. The van der Waals surface area contributed by atoms with Crippen molar-refractivity contribution in [3.8, 4) is 0 Å². The Kier molecular flexibility index (Phi) is 7.86. The highest BCUT2D eigenvalue weighted by molar-refractivity contribution is 6.30. The van der Waals surface area contributed by atoms with E-state index in [-0.39, 0.29) is 24.3 Å². The monoisotopic (exact) mass is 386 g/mol. The van der Waals surface area contributed by atoms with E-state index in [1.54, 1.807) is 24.0 Å². The third-order valence-corrected chi connectivity index (χ3v) is 4.88. The van der Waals surface area contributed by atoms with Crippen molar-refractivity contribution in [1.29, 1.82) is 0 Å². The summed E-state index contributed by atoms with van der Waals surface area (Å²) in [6.45, 7) is 6.11. The molecule has 2 rings (SSSR count). The maximum Gasteiger partial charge on any atom is 0.242 e. The van der Waals surface area contributed by atoms with Gasteiger partial charge in [0.2, 0.25) is 11.8 Å². The molecule has 0 unspecified atom stereocenters. The summed E-state index contributed by atoms with van der Waals surface area (Å²) in [4.78, 5) is 27.3. The minimum atomic E-state index is -0.564. The summed E-state index contributed by atoms with van der Waals surface area (Å²) in [7, 11) is 0. The van der Waals surface area contributed by atoms with E-state index in [4.69, 9.17) is 11.6 Å². The summed E-state index contributed by atoms with van der Waals surface area (Å²) < 4.78 is 0. The average Bonchev–Trinajstić information content (AvgIpc) is 2.67. The Labute approximate surface area is 166 Å². The third-order valence-electron chi connectivity index (χ3n) is 4.63. The first-order valence-corrected chi connectivity index (χ1v) is 9.66. The highest BCUT2D eigenvalue weighted by atomic mass is 35.5. The van der Waals surface area contributed by atoms with Crippen LogP contribution in [0.4, 0.5) is 0 Å². The highest BCUT2D eigenvalue weighted by Crippen LogP contribution is 2.15. The minimum Gasteiger partial charge on any atom is -0.352 e. The van der Waals surface area contributed by atoms with Crippen LogP contribution in [-0.2, 0) is 22.6 Å². The molecule has 144 valence electrons. The molecule has 0 fully saturated rings. The van der Waals surface area contributed by atoms with Gasteiger partial charge >= 0.3 is 0 Å². The van der Waals surface area contributed by atoms with Gasteiger partial charge in [-0.1, -0.05) is 61.0 Å². The Morgan fingerprint density at radius 2 is 1.63 bits per heavy atom. The van der Waals surface area contributed by atoms with E-state index in [0.29, 0.717) is 11.6 Å². The average molecular weight is 387 g/mol. The molecule has 2 aromatic rings. The van der Waals surface area contributed by atoms with Crippen LogP contribution < -0.4 is 5.32 Å². The number of amides is 2. The number of carbonyl (C=O) groups is 2. The molecule has 2 amide bonds. The van der Waals surface area contributed by atoms with Crippen molar-refractivity contribution in [3.63, 3.8) is 0 Å². The lowest BCUT2D eigenvalue weighted by atomic mass is 10.1. The van der Waals surface area contributed by atoms with Gasteiger partial charge in [0.1, 0.15) is 6.04 Å². The quantitative estimate of drug-likeness (QED) is 0.738. The van der Waals surface area contributed by atoms with Crippen molar-refractivity contribution in [3.05, 3.63) is 70.7 Å². The first-order valence-electron chi connectivity index (χ1n) is 9.29. The first kappa shape index (κ1) is 21.0. The lowest BCUT2D eigenvalue weighted by Crippen LogP contribution is -2.49. The van der Waals surface area contributed by atoms with Crippen LogP contribution in [0.2, 0.25) is 5.02 Å². The van der Waals surface area contributed by atoms with Gasteiger partial charge in [0, 0.05) is 17.6 Å². The smallest absolute Gasteiger partial charge is 0.242 e. The molecule has 4 nitrogen and oxygen atoms in total. The molecule has 0 aliphatic rings. The summed E-state index contributed by atoms with van der Waals surface area (Å²) in [5, 5.41) is 3.61. The lowest BCUT2D eigenvalue weighted by Gasteiger charge is -2.30. The van der Waals surface area contributed by atoms with Crippen LogP contribution in [0.25, 0.3) is 0 Å². The number of hydrogen-bond donors (Lipinski definition) is 1. The summed E-state index contributed by atoms with van der Waals surface area (Å²) in [5.41, 5.74) is 1.86. The minimum absolute atomic E-state index is 0.0709. The first-order chi connectivity index (χ1) is 12.9. The molecule has 0 heterocycles. The van der Waals surface area contributed by atoms with E-state index in [9.17, 15) is 9.59 Å². The molecule has 0 aliphatic heterocycles. The number of nitrogens with one attached hydrogen (secondary N) is 1. The van der Waals surface area contributed by atoms with E-state index in [2.05, 4.69) is 5.32 Å². The van der Waals surface area contributed by atoms with Gasteiger partial charge in [-0.2, -0.15) is 0 Å². The van der Waals surface area contributed by atoms with Crippen LogP contribution >= 0.6 is 11.6 Å². The van der Waals surface area contributed by atoms with Crippen LogP contribution in [0.3, 0.4) is 0 Å². The lowest BCUT2D eigenvalue weighted by molar-refractivity contribution is -0.140. The molecular formula is C22H27ClN2O2. The Balaban J connectivity index is 2.19. The molecule has 2 atom stereocenters. The van der Waals surface area contributed by atoms with Crippen LogP contribution in [-0.4, -0.2) is 28.8 Å². The van der Waals surface area contributed by atoms with Gasteiger partial charge < -0.3 is 10.2 Å². The van der Waals surface area contributed by atoms with Crippen molar-refractivity contribution in [2.75, 3.05) is 0 Å². The standard InChI is InChI=1S/C22H27ClN2O2/c1-4-16(2)24-22(27)17(3)25(15-19-10-12-20(23)13-11-19)21(26)14-18-8-6-5-7-9-18/h5-13,16-17H,4,14-15H2,1-3H3,(H,24,27)/t16-,17+/m0/s1. The molecule has 0 radical (unpaired) electrons. The van der Waals surface area contributed by atoms with Gasteiger partial charge in [-0.25, -0.2) is 0 Å². The number of hydrogen-bond acceptors (Lipinski definition) is 2. The van der Waals surface area contributed by atoms with E-state index >= 15 is 0 Å². The largest absolute Gasteiger partial charge is 0.352 e. The van der Waals surface area contributed by atoms with Gasteiger partial charge in [-0.3, -0.25) is 9.59 Å². The summed E-state index contributed by atoms with van der Waals surface area (Å²) >= 11 is 5.96. The molecule has 0 aromatic heterocycles. The second kappa shape index (κ2) is 10.1. The fraction of sp³-hybridized carbons (Fsp3) is 0.364. The van der Waals surface area contributed by atoms with Crippen molar-refractivity contribution in [1.82, 2.24) is 10.2 Å². The molecule has 27 heavy (non-hydrogen) atoms. The van der Waals surface area contributed by atoms with Crippen LogP contribution in [0, 0.1) is 0 Å². The maximum atomic E-state index is 13.0. The third kappa shape index (κ3) is 6.40. The number of halogens is 1. The van der Waals surface area contributed by atoms with Crippen molar-refractivity contribution >= 4 is 23.4 Å². The molecule has 0 aliphatic carbocycles. The fourth-order valence-corrected chi connectivity index (χ4v) is 2.83. The van der Waals surface area contributed by atoms with Crippen LogP contribution in [0.5, 0.6) is 0 Å². The highest BCUT2D eigenvalue weighted by Gasteiger charge is 2.26. The summed E-state index contributed by atoms with van der Waals surface area (Å²) in [6.07, 6.45) is 1.10. The maximum absolute atomic E-state index is 13.0. The molecule has 0 bridgehead atoms. The van der Waals surface area contributed by atoms with E-state index in [1.165, 1.54) is 0 Å².